The molecule has 0 aliphatic carbocycles. The van der Waals surface area contributed by atoms with Crippen LogP contribution in [0.1, 0.15) is 11.4 Å². The first-order valence-electron chi connectivity index (χ1n) is 10.8. The van der Waals surface area contributed by atoms with Crippen LogP contribution in [0.15, 0.2) is 55.0 Å². The second kappa shape index (κ2) is 8.84. The van der Waals surface area contributed by atoms with Crippen LogP contribution in [0.3, 0.4) is 0 Å². The van der Waals surface area contributed by atoms with Crippen LogP contribution >= 0.6 is 0 Å². The molecule has 0 aliphatic rings. The lowest BCUT2D eigenvalue weighted by atomic mass is 10.0. The summed E-state index contributed by atoms with van der Waals surface area (Å²) in [4.78, 5) is 14.8. The van der Waals surface area contributed by atoms with Gasteiger partial charge < -0.3 is 14.6 Å². The molecule has 0 radical (unpaired) electrons. The molecule has 8 nitrogen and oxygen atoms in total. The molecule has 13 heteroatoms. The predicted octanol–water partition coefficient (Wildman–Crippen LogP) is 4.86. The zero-order valence-electron chi connectivity index (χ0n) is 19.4. The fourth-order valence-electron chi connectivity index (χ4n) is 3.97. The molecule has 0 bridgehead atoms. The third-order valence-corrected chi connectivity index (χ3v) is 5.78. The average molecular weight is 515 g/mol. The molecule has 2 aromatic carbocycles. The number of aromatic nitrogens is 6. The molecule has 190 valence electrons. The maximum atomic E-state index is 14.7. The number of imidazole rings is 1. The van der Waals surface area contributed by atoms with Crippen molar-refractivity contribution < 1.29 is 27.1 Å². The number of alkyl halides is 3. The number of nitrogens with zero attached hydrogens (tertiary/aromatic N) is 7. The molecule has 0 amide bonds. The van der Waals surface area contributed by atoms with E-state index in [2.05, 4.69) is 20.1 Å². The highest BCUT2D eigenvalue weighted by Gasteiger charge is 2.38. The van der Waals surface area contributed by atoms with E-state index in [9.17, 15) is 27.1 Å². The number of anilines is 1. The number of hydrogen-bond donors (Lipinski definition) is 1. The van der Waals surface area contributed by atoms with Gasteiger partial charge in [-0.2, -0.15) is 23.3 Å². The minimum absolute atomic E-state index is 0.114. The Morgan fingerprint density at radius 2 is 1.78 bits per heavy atom. The Labute approximate surface area is 206 Å². The van der Waals surface area contributed by atoms with Gasteiger partial charge in [-0.3, -0.25) is 0 Å². The van der Waals surface area contributed by atoms with Crippen LogP contribution in [0.4, 0.5) is 27.9 Å². The summed E-state index contributed by atoms with van der Waals surface area (Å²) in [5.41, 5.74) is -1.71. The minimum Gasteiger partial charge on any atom is -0.503 e. The maximum Gasteiger partial charge on any atom is 0.419 e. The number of aryl methyl sites for hydroxylation is 1. The van der Waals surface area contributed by atoms with Crippen LogP contribution in [-0.2, 0) is 19.8 Å². The summed E-state index contributed by atoms with van der Waals surface area (Å²) in [6.45, 7) is 0.313. The Bertz CT molecular complexity index is 1610. The van der Waals surface area contributed by atoms with Gasteiger partial charge in [-0.05, 0) is 18.2 Å². The normalized spacial score (nSPS) is 11.9. The van der Waals surface area contributed by atoms with Gasteiger partial charge in [0.25, 0.3) is 0 Å². The fraction of sp³-hybridized carbons (Fsp3) is 0.167. The smallest absolute Gasteiger partial charge is 0.419 e. The van der Waals surface area contributed by atoms with Crippen molar-refractivity contribution in [1.82, 2.24) is 29.3 Å². The lowest BCUT2D eigenvalue weighted by Gasteiger charge is -2.17. The minimum atomic E-state index is -5.16. The summed E-state index contributed by atoms with van der Waals surface area (Å²) < 4.78 is 71.6. The van der Waals surface area contributed by atoms with Crippen LogP contribution in [0.25, 0.3) is 28.0 Å². The molecule has 0 saturated carbocycles. The van der Waals surface area contributed by atoms with Gasteiger partial charge in [0.2, 0.25) is 5.95 Å². The van der Waals surface area contributed by atoms with E-state index in [0.717, 1.165) is 5.69 Å². The van der Waals surface area contributed by atoms with E-state index in [1.54, 1.807) is 18.1 Å². The topological polar surface area (TPSA) is 84.9 Å². The average Bonchev–Trinajstić information content (AvgIpc) is 3.46. The molecule has 0 fully saturated rings. The Hall–Kier alpha value is -4.55. The number of hydrogen-bond acceptors (Lipinski definition) is 6. The molecular weight excluding hydrogens is 497 g/mol. The number of aromatic hydroxyl groups is 1. The Morgan fingerprint density at radius 3 is 2.49 bits per heavy atom. The Balaban J connectivity index is 1.52. The number of fused-ring (bicyclic) bond motifs is 1. The Morgan fingerprint density at radius 1 is 1.05 bits per heavy atom. The van der Waals surface area contributed by atoms with Crippen molar-refractivity contribution in [3.8, 4) is 22.7 Å². The van der Waals surface area contributed by atoms with E-state index in [1.807, 2.05) is 41.1 Å². The standard InChI is InChI=1S/C24H18F5N7O/c1-34(12-17-30-8-9-36(17)13-6-4-3-5-7-13)23-31-11-15-20(33-35(2)22(15)32-23)14-10-16(24(27,28)29)19(26)21(37)18(14)25/h3-11,37H,12H2,1-2H3. The van der Waals surface area contributed by atoms with E-state index in [1.165, 1.54) is 17.9 Å². The number of halogens is 5. The van der Waals surface area contributed by atoms with Crippen molar-refractivity contribution in [1.29, 1.82) is 0 Å². The largest absolute Gasteiger partial charge is 0.503 e. The number of rotatable bonds is 5. The third-order valence-electron chi connectivity index (χ3n) is 5.78. The molecule has 5 rings (SSSR count). The van der Waals surface area contributed by atoms with E-state index in [-0.39, 0.29) is 28.7 Å². The lowest BCUT2D eigenvalue weighted by molar-refractivity contribution is -0.140. The highest BCUT2D eigenvalue weighted by atomic mass is 19.4. The molecule has 1 N–H and O–H groups in total. The lowest BCUT2D eigenvalue weighted by Crippen LogP contribution is -2.21. The monoisotopic (exact) mass is 515 g/mol. The fourth-order valence-corrected chi connectivity index (χ4v) is 3.97. The maximum absolute atomic E-state index is 14.7. The zero-order valence-corrected chi connectivity index (χ0v) is 19.4. The highest BCUT2D eigenvalue weighted by molar-refractivity contribution is 5.91. The SMILES string of the molecule is CN(Cc1nccn1-c1ccccc1)c1ncc2c(-c3cc(C(F)(F)F)c(F)c(O)c3F)nn(C)c2n1. The number of phenolic OH excluding ortho intramolecular Hbond substituents is 1. The van der Waals surface area contributed by atoms with Crippen molar-refractivity contribution in [2.24, 2.45) is 7.05 Å². The molecular formula is C24H18F5N7O. The molecule has 0 saturated heterocycles. The summed E-state index contributed by atoms with van der Waals surface area (Å²) in [6, 6.07) is 9.85. The van der Waals surface area contributed by atoms with Gasteiger partial charge in [0.15, 0.2) is 23.0 Å². The molecule has 3 aromatic heterocycles. The first-order chi connectivity index (χ1) is 17.6. The molecule has 0 spiro atoms. The van der Waals surface area contributed by atoms with Gasteiger partial charge in [-0.1, -0.05) is 18.2 Å². The molecule has 0 aliphatic heterocycles. The second-order valence-corrected chi connectivity index (χ2v) is 8.23. The number of para-hydroxylation sites is 1. The summed E-state index contributed by atoms with van der Waals surface area (Å²) in [6.07, 6.45) is -0.396. The van der Waals surface area contributed by atoms with Gasteiger partial charge in [0.05, 0.1) is 17.5 Å². The van der Waals surface area contributed by atoms with Crippen LogP contribution < -0.4 is 4.90 Å². The van der Waals surface area contributed by atoms with Crippen molar-refractivity contribution in [3.63, 3.8) is 0 Å². The van der Waals surface area contributed by atoms with Crippen molar-refractivity contribution in [3.05, 3.63) is 78.0 Å². The van der Waals surface area contributed by atoms with Gasteiger partial charge in [-0.25, -0.2) is 23.4 Å². The summed E-state index contributed by atoms with van der Waals surface area (Å²) in [5, 5.41) is 13.9. The first kappa shape index (κ1) is 24.2. The van der Waals surface area contributed by atoms with E-state index < -0.39 is 34.7 Å². The molecule has 5 aromatic rings. The quantitative estimate of drug-likeness (QED) is 0.337. The third kappa shape index (κ3) is 4.21. The zero-order chi connectivity index (χ0) is 26.5. The summed E-state index contributed by atoms with van der Waals surface area (Å²) in [7, 11) is 3.20. The summed E-state index contributed by atoms with van der Waals surface area (Å²) in [5.74, 6) is -4.45. The second-order valence-electron chi connectivity index (χ2n) is 8.23. The van der Waals surface area contributed by atoms with Crippen LogP contribution in [0, 0.1) is 11.6 Å². The summed E-state index contributed by atoms with van der Waals surface area (Å²) >= 11 is 0. The molecule has 3 heterocycles. The number of benzene rings is 2. The van der Waals surface area contributed by atoms with E-state index >= 15 is 0 Å². The van der Waals surface area contributed by atoms with E-state index in [4.69, 9.17) is 0 Å². The molecule has 0 atom stereocenters. The van der Waals surface area contributed by atoms with Crippen LogP contribution in [-0.4, -0.2) is 41.5 Å². The predicted molar refractivity (Wildman–Crippen MR) is 124 cm³/mol. The molecule has 37 heavy (non-hydrogen) atoms. The van der Waals surface area contributed by atoms with Crippen molar-refractivity contribution >= 4 is 17.0 Å². The van der Waals surface area contributed by atoms with Gasteiger partial charge in [-0.15, -0.1) is 0 Å². The van der Waals surface area contributed by atoms with Crippen molar-refractivity contribution in [2.75, 3.05) is 11.9 Å². The van der Waals surface area contributed by atoms with Crippen molar-refractivity contribution in [2.45, 2.75) is 12.7 Å². The number of phenols is 1. The highest BCUT2D eigenvalue weighted by Crippen LogP contribution is 2.41. The molecule has 0 unspecified atom stereocenters. The van der Waals surface area contributed by atoms with E-state index in [0.29, 0.717) is 12.4 Å². The van der Waals surface area contributed by atoms with Crippen LogP contribution in [0.2, 0.25) is 0 Å². The Kier molecular flexibility index (Phi) is 5.77. The first-order valence-corrected chi connectivity index (χ1v) is 10.8. The van der Waals surface area contributed by atoms with Crippen LogP contribution in [0.5, 0.6) is 5.75 Å². The van der Waals surface area contributed by atoms with Gasteiger partial charge in [0.1, 0.15) is 11.5 Å². The van der Waals surface area contributed by atoms with Gasteiger partial charge in [0, 0.05) is 43.9 Å². The van der Waals surface area contributed by atoms with Gasteiger partial charge >= 0.3 is 6.18 Å².